The van der Waals surface area contributed by atoms with Crippen molar-refractivity contribution in [3.8, 4) is 5.82 Å². The predicted octanol–water partition coefficient (Wildman–Crippen LogP) is 3.38. The highest BCUT2D eigenvalue weighted by atomic mass is 16.3. The van der Waals surface area contributed by atoms with Crippen LogP contribution in [0, 0.1) is 11.3 Å². The molecule has 6 nitrogen and oxygen atoms in total. The maximum absolute atomic E-state index is 12.5. The van der Waals surface area contributed by atoms with E-state index in [-0.39, 0.29) is 17.2 Å². The maximum Gasteiger partial charge on any atom is 0.224 e. The maximum atomic E-state index is 12.5. The van der Waals surface area contributed by atoms with Gasteiger partial charge in [0.25, 0.3) is 0 Å². The lowest BCUT2D eigenvalue weighted by Crippen LogP contribution is -2.37. The van der Waals surface area contributed by atoms with E-state index >= 15 is 0 Å². The van der Waals surface area contributed by atoms with Crippen LogP contribution in [0.2, 0.25) is 0 Å². The monoisotopic (exact) mass is 390 g/mol. The molecule has 0 bridgehead atoms. The number of nitrogens with one attached hydrogen (secondary N) is 1. The van der Waals surface area contributed by atoms with Crippen LogP contribution in [0.25, 0.3) is 5.82 Å². The van der Waals surface area contributed by atoms with E-state index in [2.05, 4.69) is 38.1 Å². The van der Waals surface area contributed by atoms with Crippen LogP contribution in [0.1, 0.15) is 30.7 Å². The van der Waals surface area contributed by atoms with Crippen LogP contribution in [-0.2, 0) is 17.9 Å². The summed E-state index contributed by atoms with van der Waals surface area (Å²) >= 11 is 0. The molecule has 1 saturated carbocycles. The number of carbonyl (C=O) groups excluding carboxylic acids is 1. The number of rotatable bonds is 6. The molecule has 5 rings (SSSR count). The molecule has 150 valence electrons. The van der Waals surface area contributed by atoms with Crippen LogP contribution in [0.15, 0.2) is 65.5 Å². The number of furan rings is 1. The van der Waals surface area contributed by atoms with E-state index in [4.69, 9.17) is 4.42 Å². The number of likely N-dealkylation sites (tertiary alicyclic amines) is 1. The number of piperidine rings is 1. The van der Waals surface area contributed by atoms with Gasteiger partial charge in [0.2, 0.25) is 5.91 Å². The lowest BCUT2D eigenvalue weighted by atomic mass is 9.90. The van der Waals surface area contributed by atoms with Crippen LogP contribution in [0.5, 0.6) is 0 Å². The number of hydrogen-bond donors (Lipinski definition) is 1. The number of carbonyl (C=O) groups is 1. The topological polar surface area (TPSA) is 63.3 Å². The zero-order valence-electron chi connectivity index (χ0n) is 16.5. The minimum atomic E-state index is 0.164. The van der Waals surface area contributed by atoms with Gasteiger partial charge in [0.05, 0.1) is 12.8 Å². The summed E-state index contributed by atoms with van der Waals surface area (Å²) in [5.74, 6) is 2.10. The van der Waals surface area contributed by atoms with Crippen molar-refractivity contribution in [1.82, 2.24) is 19.8 Å². The van der Waals surface area contributed by atoms with Gasteiger partial charge in [0.1, 0.15) is 11.6 Å². The normalized spacial score (nSPS) is 20.6. The standard InChI is InChI=1S/C23H26N4O2/c28-22(25-16-19-6-4-14-29-19)20-15-23(20)8-12-26(13-9-23)17-18-5-3-11-27(18)21-7-1-2-10-24-21/h1-7,10-11,14,20H,8-9,12-13,15-17H2,(H,25,28). The predicted molar refractivity (Wildman–Crippen MR) is 109 cm³/mol. The summed E-state index contributed by atoms with van der Waals surface area (Å²) in [4.78, 5) is 19.5. The summed E-state index contributed by atoms with van der Waals surface area (Å²) in [5.41, 5.74) is 1.47. The molecule has 0 aromatic carbocycles. The summed E-state index contributed by atoms with van der Waals surface area (Å²) in [6, 6.07) is 14.0. The van der Waals surface area contributed by atoms with Gasteiger partial charge in [0, 0.05) is 30.6 Å². The number of pyridine rings is 1. The highest BCUT2D eigenvalue weighted by Crippen LogP contribution is 2.59. The summed E-state index contributed by atoms with van der Waals surface area (Å²) in [6.07, 6.45) is 8.75. The van der Waals surface area contributed by atoms with Crippen molar-refractivity contribution in [3.63, 3.8) is 0 Å². The van der Waals surface area contributed by atoms with E-state index in [0.29, 0.717) is 6.54 Å². The Morgan fingerprint density at radius 1 is 1.17 bits per heavy atom. The van der Waals surface area contributed by atoms with Gasteiger partial charge in [-0.2, -0.15) is 0 Å². The van der Waals surface area contributed by atoms with E-state index in [9.17, 15) is 4.79 Å². The van der Waals surface area contributed by atoms with Gasteiger partial charge in [-0.1, -0.05) is 6.07 Å². The molecule has 3 aromatic rings. The Hall–Kier alpha value is -2.86. The third kappa shape index (κ3) is 3.72. The Morgan fingerprint density at radius 2 is 2.07 bits per heavy atom. The second-order valence-corrected chi connectivity index (χ2v) is 8.25. The van der Waals surface area contributed by atoms with Crippen molar-refractivity contribution < 1.29 is 9.21 Å². The van der Waals surface area contributed by atoms with Gasteiger partial charge in [0.15, 0.2) is 0 Å². The number of nitrogens with zero attached hydrogens (tertiary/aromatic N) is 3. The molecule has 1 saturated heterocycles. The Morgan fingerprint density at radius 3 is 2.83 bits per heavy atom. The second-order valence-electron chi connectivity index (χ2n) is 8.25. The Kier molecular flexibility index (Phi) is 4.72. The smallest absolute Gasteiger partial charge is 0.224 e. The van der Waals surface area contributed by atoms with Crippen LogP contribution in [0.4, 0.5) is 0 Å². The summed E-state index contributed by atoms with van der Waals surface area (Å²) in [6.45, 7) is 3.47. The molecule has 2 aliphatic rings. The number of aromatic nitrogens is 2. The van der Waals surface area contributed by atoms with Crippen LogP contribution in [0.3, 0.4) is 0 Å². The van der Waals surface area contributed by atoms with Crippen LogP contribution >= 0.6 is 0 Å². The molecule has 0 radical (unpaired) electrons. The molecular weight excluding hydrogens is 364 g/mol. The van der Waals surface area contributed by atoms with E-state index in [1.54, 1.807) is 6.26 Å². The molecule has 3 aromatic heterocycles. The molecule has 4 heterocycles. The van der Waals surface area contributed by atoms with Crippen LogP contribution in [-0.4, -0.2) is 33.4 Å². The highest BCUT2D eigenvalue weighted by molar-refractivity contribution is 5.82. The van der Waals surface area contributed by atoms with E-state index in [1.165, 1.54) is 5.69 Å². The molecule has 1 N–H and O–H groups in total. The zero-order chi connectivity index (χ0) is 19.7. The van der Waals surface area contributed by atoms with Gasteiger partial charge in [-0.25, -0.2) is 4.98 Å². The number of hydrogen-bond acceptors (Lipinski definition) is 4. The first-order valence-electron chi connectivity index (χ1n) is 10.3. The average molecular weight is 390 g/mol. The molecule has 1 aliphatic carbocycles. The zero-order valence-corrected chi connectivity index (χ0v) is 16.5. The van der Waals surface area contributed by atoms with Crippen molar-refractivity contribution in [2.45, 2.75) is 32.4 Å². The fraction of sp³-hybridized carbons (Fsp3) is 0.391. The molecule has 2 fully saturated rings. The molecule has 1 unspecified atom stereocenters. The Labute approximate surface area is 170 Å². The minimum absolute atomic E-state index is 0.164. The van der Waals surface area contributed by atoms with Crippen molar-refractivity contribution in [2.24, 2.45) is 11.3 Å². The van der Waals surface area contributed by atoms with Gasteiger partial charge in [-0.05, 0) is 74.2 Å². The SMILES string of the molecule is O=C(NCc1ccco1)C1CC12CCN(Cc1cccn1-c1ccccn1)CC2. The van der Waals surface area contributed by atoms with E-state index in [0.717, 1.165) is 50.5 Å². The van der Waals surface area contributed by atoms with Crippen molar-refractivity contribution in [2.75, 3.05) is 13.1 Å². The Balaban J connectivity index is 1.14. The van der Waals surface area contributed by atoms with Gasteiger partial charge >= 0.3 is 0 Å². The van der Waals surface area contributed by atoms with Gasteiger partial charge in [-0.15, -0.1) is 0 Å². The van der Waals surface area contributed by atoms with Gasteiger partial charge in [-0.3, -0.25) is 9.69 Å². The lowest BCUT2D eigenvalue weighted by molar-refractivity contribution is -0.123. The van der Waals surface area contributed by atoms with E-state index < -0.39 is 0 Å². The van der Waals surface area contributed by atoms with Crippen molar-refractivity contribution in [3.05, 3.63) is 72.6 Å². The van der Waals surface area contributed by atoms with E-state index in [1.807, 2.05) is 36.5 Å². The molecule has 29 heavy (non-hydrogen) atoms. The first kappa shape index (κ1) is 18.2. The molecule has 6 heteroatoms. The number of amides is 1. The third-order valence-corrected chi connectivity index (χ3v) is 6.49. The summed E-state index contributed by atoms with van der Waals surface area (Å²) in [5, 5.41) is 3.04. The highest BCUT2D eigenvalue weighted by Gasteiger charge is 2.58. The quantitative estimate of drug-likeness (QED) is 0.701. The first-order chi connectivity index (χ1) is 14.2. The van der Waals surface area contributed by atoms with Gasteiger partial charge < -0.3 is 14.3 Å². The molecule has 1 atom stereocenters. The van der Waals surface area contributed by atoms with Crippen molar-refractivity contribution in [1.29, 1.82) is 0 Å². The van der Waals surface area contributed by atoms with Crippen LogP contribution < -0.4 is 5.32 Å². The molecular formula is C23H26N4O2. The fourth-order valence-electron chi connectivity index (χ4n) is 4.63. The van der Waals surface area contributed by atoms with Crippen molar-refractivity contribution >= 4 is 5.91 Å². The molecule has 1 amide bonds. The fourth-order valence-corrected chi connectivity index (χ4v) is 4.63. The third-order valence-electron chi connectivity index (χ3n) is 6.49. The second kappa shape index (κ2) is 7.52. The minimum Gasteiger partial charge on any atom is -0.467 e. The largest absolute Gasteiger partial charge is 0.467 e. The average Bonchev–Trinajstić information content (AvgIpc) is 3.12. The lowest BCUT2D eigenvalue weighted by Gasteiger charge is -2.33. The molecule has 1 spiro atoms. The summed E-state index contributed by atoms with van der Waals surface area (Å²) in [7, 11) is 0. The molecule has 1 aliphatic heterocycles. The first-order valence-corrected chi connectivity index (χ1v) is 10.3. The Bertz CT molecular complexity index is 956. The summed E-state index contributed by atoms with van der Waals surface area (Å²) < 4.78 is 7.46.